The van der Waals surface area contributed by atoms with Gasteiger partial charge in [-0.15, -0.1) is 0 Å². The molecule has 2 unspecified atom stereocenters. The van der Waals surface area contributed by atoms with Crippen molar-refractivity contribution < 1.29 is 5.11 Å². The molecule has 1 heterocycles. The first-order valence-electron chi connectivity index (χ1n) is 6.58. The summed E-state index contributed by atoms with van der Waals surface area (Å²) in [7, 11) is 1.89. The van der Waals surface area contributed by atoms with Gasteiger partial charge in [0.15, 0.2) is 0 Å². The molecule has 0 aromatic carbocycles. The molecule has 0 spiro atoms. The van der Waals surface area contributed by atoms with Crippen LogP contribution in [-0.2, 0) is 12.5 Å². The van der Waals surface area contributed by atoms with E-state index < -0.39 is 6.10 Å². The molecule has 1 aromatic heterocycles. The number of aromatic nitrogens is 2. The number of aliphatic hydroxyl groups excluding tert-OH is 1. The lowest BCUT2D eigenvalue weighted by atomic mass is 9.76. The molecule has 1 aromatic rings. The number of aliphatic hydroxyl groups is 1. The van der Waals surface area contributed by atoms with Crippen molar-refractivity contribution in [1.82, 2.24) is 9.78 Å². The normalized spacial score (nSPS) is 17.6. The number of aryl methyl sites for hydroxylation is 1. The lowest BCUT2D eigenvalue weighted by molar-refractivity contribution is 0.0378. The third-order valence-electron chi connectivity index (χ3n) is 3.80. The van der Waals surface area contributed by atoms with Crippen LogP contribution in [0.3, 0.4) is 0 Å². The fourth-order valence-electron chi connectivity index (χ4n) is 2.11. The fourth-order valence-corrected chi connectivity index (χ4v) is 2.11. The average molecular weight is 253 g/mol. The first-order valence-corrected chi connectivity index (χ1v) is 6.58. The Morgan fingerprint density at radius 3 is 2.33 bits per heavy atom. The summed E-state index contributed by atoms with van der Waals surface area (Å²) >= 11 is 0. The van der Waals surface area contributed by atoms with E-state index in [-0.39, 0.29) is 10.8 Å². The Morgan fingerprint density at radius 2 is 1.94 bits per heavy atom. The first-order chi connectivity index (χ1) is 8.15. The van der Waals surface area contributed by atoms with Gasteiger partial charge in [0.2, 0.25) is 0 Å². The van der Waals surface area contributed by atoms with Crippen molar-refractivity contribution in [2.24, 2.45) is 18.2 Å². The molecule has 0 aliphatic heterocycles. The Morgan fingerprint density at radius 1 is 1.39 bits per heavy atom. The van der Waals surface area contributed by atoms with E-state index >= 15 is 0 Å². The van der Waals surface area contributed by atoms with Gasteiger partial charge in [-0.1, -0.05) is 34.6 Å². The van der Waals surface area contributed by atoms with Crippen LogP contribution >= 0.6 is 0 Å². The number of rotatable bonds is 4. The summed E-state index contributed by atoms with van der Waals surface area (Å²) in [4.78, 5) is 0. The molecule has 4 nitrogen and oxygen atoms in total. The van der Waals surface area contributed by atoms with Crippen molar-refractivity contribution in [3.05, 3.63) is 17.5 Å². The van der Waals surface area contributed by atoms with Gasteiger partial charge in [0.25, 0.3) is 0 Å². The molecular weight excluding hydrogens is 226 g/mol. The summed E-state index contributed by atoms with van der Waals surface area (Å²) in [5.74, 6) is 0. The zero-order chi connectivity index (χ0) is 14.1. The van der Waals surface area contributed by atoms with Crippen LogP contribution in [0.4, 0.5) is 0 Å². The van der Waals surface area contributed by atoms with Gasteiger partial charge in [-0.2, -0.15) is 5.10 Å². The Hall–Kier alpha value is -0.870. The maximum Gasteiger partial charge on any atom is 0.0888 e. The van der Waals surface area contributed by atoms with Gasteiger partial charge in [-0.05, 0) is 6.42 Å². The fraction of sp³-hybridized carbons (Fsp3) is 0.786. The minimum Gasteiger partial charge on any atom is -0.388 e. The minimum atomic E-state index is -0.574. The highest BCUT2D eigenvalue weighted by Crippen LogP contribution is 2.39. The van der Waals surface area contributed by atoms with Crippen molar-refractivity contribution in [1.29, 1.82) is 0 Å². The van der Waals surface area contributed by atoms with Crippen molar-refractivity contribution in [3.8, 4) is 0 Å². The lowest BCUT2D eigenvalue weighted by Gasteiger charge is -2.33. The smallest absolute Gasteiger partial charge is 0.0888 e. The van der Waals surface area contributed by atoms with Gasteiger partial charge in [-0.25, -0.2) is 0 Å². The van der Waals surface area contributed by atoms with E-state index in [2.05, 4.69) is 32.8 Å². The van der Waals surface area contributed by atoms with Crippen LogP contribution in [0, 0.1) is 5.41 Å². The predicted octanol–water partition coefficient (Wildman–Crippen LogP) is 2.13. The molecule has 0 saturated heterocycles. The second kappa shape index (κ2) is 5.02. The molecule has 104 valence electrons. The van der Waals surface area contributed by atoms with E-state index in [0.29, 0.717) is 6.54 Å². The lowest BCUT2D eigenvalue weighted by Crippen LogP contribution is -2.34. The highest BCUT2D eigenvalue weighted by molar-refractivity contribution is 5.27. The number of hydrogen-bond donors (Lipinski definition) is 2. The predicted molar refractivity (Wildman–Crippen MR) is 74.3 cm³/mol. The Bertz CT molecular complexity index is 400. The quantitative estimate of drug-likeness (QED) is 0.864. The Kier molecular flexibility index (Phi) is 4.23. The molecular formula is C14H27N3O. The minimum absolute atomic E-state index is 0.0825. The van der Waals surface area contributed by atoms with Crippen LogP contribution in [0.25, 0.3) is 0 Å². The molecule has 0 aliphatic rings. The van der Waals surface area contributed by atoms with Crippen molar-refractivity contribution in [2.75, 3.05) is 6.54 Å². The van der Waals surface area contributed by atoms with Crippen LogP contribution in [0.2, 0.25) is 0 Å². The summed E-state index contributed by atoms with van der Waals surface area (Å²) in [6.07, 6.45) is 2.17. The molecule has 2 atom stereocenters. The van der Waals surface area contributed by atoms with Crippen molar-refractivity contribution in [3.63, 3.8) is 0 Å². The molecule has 1 rings (SSSR count). The van der Waals surface area contributed by atoms with Crippen molar-refractivity contribution in [2.45, 2.75) is 52.6 Å². The molecule has 0 radical (unpaired) electrons. The standard InChI is InChI=1S/C14H27N3O/c1-7-14(5,9-15)12(18)10-8-17(6)16-11(10)13(2,3)4/h8,12,18H,7,9,15H2,1-6H3. The van der Waals surface area contributed by atoms with Crippen LogP contribution in [0.1, 0.15) is 58.4 Å². The molecule has 0 aliphatic carbocycles. The maximum absolute atomic E-state index is 10.7. The van der Waals surface area contributed by atoms with Gasteiger partial charge >= 0.3 is 0 Å². The van der Waals surface area contributed by atoms with Crippen LogP contribution in [0.5, 0.6) is 0 Å². The molecule has 0 amide bonds. The van der Waals surface area contributed by atoms with E-state index in [9.17, 15) is 5.11 Å². The Balaban J connectivity index is 3.25. The van der Waals surface area contributed by atoms with Gasteiger partial charge in [-0.3, -0.25) is 4.68 Å². The second-order valence-electron chi connectivity index (χ2n) is 6.47. The summed E-state index contributed by atoms with van der Waals surface area (Å²) < 4.78 is 1.77. The zero-order valence-electron chi connectivity index (χ0n) is 12.5. The number of hydrogen-bond acceptors (Lipinski definition) is 3. The highest BCUT2D eigenvalue weighted by Gasteiger charge is 2.36. The van der Waals surface area contributed by atoms with Crippen LogP contribution < -0.4 is 5.73 Å². The average Bonchev–Trinajstić information content (AvgIpc) is 2.69. The third-order valence-corrected chi connectivity index (χ3v) is 3.80. The molecule has 0 fully saturated rings. The third kappa shape index (κ3) is 2.75. The molecule has 4 heteroatoms. The summed E-state index contributed by atoms with van der Waals surface area (Å²) in [5.41, 5.74) is 7.30. The largest absolute Gasteiger partial charge is 0.388 e. The van der Waals surface area contributed by atoms with Crippen LogP contribution in [-0.4, -0.2) is 21.4 Å². The van der Waals surface area contributed by atoms with E-state index in [1.807, 2.05) is 20.2 Å². The van der Waals surface area contributed by atoms with E-state index in [4.69, 9.17) is 5.73 Å². The molecule has 0 bridgehead atoms. The van der Waals surface area contributed by atoms with E-state index in [1.165, 1.54) is 0 Å². The van der Waals surface area contributed by atoms with Crippen LogP contribution in [0.15, 0.2) is 6.20 Å². The maximum atomic E-state index is 10.7. The first kappa shape index (κ1) is 15.2. The molecule has 0 saturated carbocycles. The molecule has 18 heavy (non-hydrogen) atoms. The zero-order valence-corrected chi connectivity index (χ0v) is 12.5. The van der Waals surface area contributed by atoms with Gasteiger partial charge in [0, 0.05) is 36.2 Å². The van der Waals surface area contributed by atoms with Gasteiger partial charge < -0.3 is 10.8 Å². The summed E-state index contributed by atoms with van der Waals surface area (Å²) in [6, 6.07) is 0. The number of nitrogens with two attached hydrogens (primary N) is 1. The topological polar surface area (TPSA) is 64.1 Å². The van der Waals surface area contributed by atoms with E-state index in [1.54, 1.807) is 4.68 Å². The SMILES string of the molecule is CCC(C)(CN)C(O)c1cn(C)nc1C(C)(C)C. The van der Waals surface area contributed by atoms with E-state index in [0.717, 1.165) is 17.7 Å². The summed E-state index contributed by atoms with van der Waals surface area (Å²) in [6.45, 7) is 10.9. The number of nitrogens with zero attached hydrogens (tertiary/aromatic N) is 2. The van der Waals surface area contributed by atoms with Gasteiger partial charge in [0.1, 0.15) is 0 Å². The second-order valence-corrected chi connectivity index (χ2v) is 6.47. The Labute approximate surface area is 110 Å². The highest BCUT2D eigenvalue weighted by atomic mass is 16.3. The molecule has 3 N–H and O–H groups in total. The monoisotopic (exact) mass is 253 g/mol. The van der Waals surface area contributed by atoms with Gasteiger partial charge in [0.05, 0.1) is 11.8 Å². The summed E-state index contributed by atoms with van der Waals surface area (Å²) in [5, 5.41) is 15.2. The van der Waals surface area contributed by atoms with Crippen molar-refractivity contribution >= 4 is 0 Å².